The van der Waals surface area contributed by atoms with E-state index in [9.17, 15) is 9.90 Å². The minimum atomic E-state index is 0.0320. The van der Waals surface area contributed by atoms with Crippen molar-refractivity contribution in [3.05, 3.63) is 47.9 Å². The first-order chi connectivity index (χ1) is 12.7. The van der Waals surface area contributed by atoms with Crippen molar-refractivity contribution in [2.45, 2.75) is 32.9 Å². The number of nitrogens with one attached hydrogen (secondary N) is 1. The molecule has 2 heterocycles. The first kappa shape index (κ1) is 18.3. The monoisotopic (exact) mass is 358 g/mol. The second-order valence-electron chi connectivity index (χ2n) is 6.54. The van der Waals surface area contributed by atoms with E-state index < -0.39 is 0 Å². The van der Waals surface area contributed by atoms with Crippen LogP contribution in [0.2, 0.25) is 0 Å². The van der Waals surface area contributed by atoms with Gasteiger partial charge in [-0.15, -0.1) is 0 Å². The molecule has 140 valence electrons. The number of amides is 1. The van der Waals surface area contributed by atoms with Crippen LogP contribution in [-0.2, 0) is 17.9 Å². The van der Waals surface area contributed by atoms with Gasteiger partial charge in [0.1, 0.15) is 5.76 Å². The van der Waals surface area contributed by atoms with Crippen molar-refractivity contribution in [1.29, 1.82) is 0 Å². The van der Waals surface area contributed by atoms with Crippen LogP contribution < -0.4 is 10.1 Å². The number of benzene rings is 1. The average molecular weight is 358 g/mol. The summed E-state index contributed by atoms with van der Waals surface area (Å²) in [5.74, 6) is 1.62. The number of aromatic hydroxyl groups is 1. The van der Waals surface area contributed by atoms with Crippen LogP contribution in [0.25, 0.3) is 0 Å². The molecule has 0 spiro atoms. The molecule has 1 aliphatic rings. The standard InChI is InChI=1S/C20H26N2O4/c1-2-25-18-7-3-5-16(19(18)23)14-22-10-8-15(9-11-22)20(24)21-13-17-6-4-12-26-17/h3-7,12,15,23H,2,8-11,13-14H2,1H3,(H,21,24). The van der Waals surface area contributed by atoms with Crippen molar-refractivity contribution in [3.63, 3.8) is 0 Å². The third-order valence-corrected chi connectivity index (χ3v) is 4.75. The van der Waals surface area contributed by atoms with Crippen molar-refractivity contribution in [2.75, 3.05) is 19.7 Å². The van der Waals surface area contributed by atoms with Gasteiger partial charge in [-0.2, -0.15) is 0 Å². The molecule has 1 aliphatic heterocycles. The number of rotatable bonds is 7. The Hall–Kier alpha value is -2.47. The molecule has 26 heavy (non-hydrogen) atoms. The Balaban J connectivity index is 1.48. The number of likely N-dealkylation sites (tertiary alicyclic amines) is 1. The van der Waals surface area contributed by atoms with Crippen molar-refractivity contribution >= 4 is 5.91 Å². The maximum Gasteiger partial charge on any atom is 0.223 e. The Bertz CT molecular complexity index is 707. The molecule has 0 unspecified atom stereocenters. The first-order valence-corrected chi connectivity index (χ1v) is 9.13. The lowest BCUT2D eigenvalue weighted by Crippen LogP contribution is -2.40. The molecule has 6 heteroatoms. The van der Waals surface area contributed by atoms with Gasteiger partial charge in [-0.3, -0.25) is 9.69 Å². The minimum Gasteiger partial charge on any atom is -0.504 e. The zero-order valence-corrected chi connectivity index (χ0v) is 15.1. The van der Waals surface area contributed by atoms with Crippen molar-refractivity contribution in [2.24, 2.45) is 5.92 Å². The van der Waals surface area contributed by atoms with Gasteiger partial charge in [0.25, 0.3) is 0 Å². The summed E-state index contributed by atoms with van der Waals surface area (Å²) in [6, 6.07) is 9.26. The van der Waals surface area contributed by atoms with Crippen LogP contribution in [0.15, 0.2) is 41.0 Å². The summed E-state index contributed by atoms with van der Waals surface area (Å²) in [6.07, 6.45) is 3.24. The Morgan fingerprint density at radius 2 is 2.12 bits per heavy atom. The van der Waals surface area contributed by atoms with Crippen LogP contribution in [-0.4, -0.2) is 35.6 Å². The lowest BCUT2D eigenvalue weighted by atomic mass is 9.95. The number of para-hydroxylation sites is 1. The molecular weight excluding hydrogens is 332 g/mol. The van der Waals surface area contributed by atoms with Gasteiger partial charge in [0.15, 0.2) is 11.5 Å². The van der Waals surface area contributed by atoms with Gasteiger partial charge in [0, 0.05) is 18.0 Å². The minimum absolute atomic E-state index is 0.0320. The summed E-state index contributed by atoms with van der Waals surface area (Å²) in [7, 11) is 0. The molecule has 3 rings (SSSR count). The van der Waals surface area contributed by atoms with Crippen molar-refractivity contribution in [3.8, 4) is 11.5 Å². The second kappa shape index (κ2) is 8.76. The topological polar surface area (TPSA) is 74.9 Å². The number of carbonyl (C=O) groups is 1. The molecule has 0 saturated carbocycles. The SMILES string of the molecule is CCOc1cccc(CN2CCC(C(=O)NCc3ccco3)CC2)c1O. The Morgan fingerprint density at radius 3 is 2.81 bits per heavy atom. The highest BCUT2D eigenvalue weighted by molar-refractivity contribution is 5.78. The Kier molecular flexibility index (Phi) is 6.17. The number of carbonyl (C=O) groups excluding carboxylic acids is 1. The molecule has 1 amide bonds. The summed E-state index contributed by atoms with van der Waals surface area (Å²) in [5.41, 5.74) is 0.858. The summed E-state index contributed by atoms with van der Waals surface area (Å²) >= 11 is 0. The van der Waals surface area contributed by atoms with E-state index in [1.807, 2.05) is 31.2 Å². The number of hydrogen-bond acceptors (Lipinski definition) is 5. The van der Waals surface area contributed by atoms with E-state index >= 15 is 0 Å². The fraction of sp³-hybridized carbons (Fsp3) is 0.450. The summed E-state index contributed by atoms with van der Waals surface area (Å²) in [4.78, 5) is 14.6. The summed E-state index contributed by atoms with van der Waals surface area (Å²) in [5, 5.41) is 13.3. The predicted octanol–water partition coefficient (Wildman–Crippen LogP) is 2.91. The molecule has 1 saturated heterocycles. The third kappa shape index (κ3) is 4.58. The summed E-state index contributed by atoms with van der Waals surface area (Å²) < 4.78 is 10.7. The van der Waals surface area contributed by atoms with Crippen LogP contribution in [0.5, 0.6) is 11.5 Å². The highest BCUT2D eigenvalue weighted by Crippen LogP contribution is 2.31. The van der Waals surface area contributed by atoms with Gasteiger partial charge in [-0.05, 0) is 51.1 Å². The Morgan fingerprint density at radius 1 is 1.31 bits per heavy atom. The number of ether oxygens (including phenoxy) is 1. The fourth-order valence-corrected chi connectivity index (χ4v) is 3.29. The van der Waals surface area contributed by atoms with Crippen LogP contribution >= 0.6 is 0 Å². The molecule has 2 aromatic rings. The number of piperidine rings is 1. The predicted molar refractivity (Wildman–Crippen MR) is 97.8 cm³/mol. The van der Waals surface area contributed by atoms with Gasteiger partial charge in [0.2, 0.25) is 5.91 Å². The fourth-order valence-electron chi connectivity index (χ4n) is 3.29. The second-order valence-corrected chi connectivity index (χ2v) is 6.54. The average Bonchev–Trinajstić information content (AvgIpc) is 3.17. The third-order valence-electron chi connectivity index (χ3n) is 4.75. The molecule has 6 nitrogen and oxygen atoms in total. The molecule has 1 aromatic heterocycles. The quantitative estimate of drug-likeness (QED) is 0.796. The Labute approximate surface area is 153 Å². The molecule has 0 aliphatic carbocycles. The van der Waals surface area contributed by atoms with Gasteiger partial charge < -0.3 is 19.6 Å². The maximum atomic E-state index is 12.3. The van der Waals surface area contributed by atoms with Gasteiger partial charge >= 0.3 is 0 Å². The number of nitrogens with zero attached hydrogens (tertiary/aromatic N) is 1. The van der Waals surface area contributed by atoms with Gasteiger partial charge in [-0.1, -0.05) is 12.1 Å². The highest BCUT2D eigenvalue weighted by Gasteiger charge is 2.25. The molecule has 1 aromatic carbocycles. The van der Waals surface area contributed by atoms with Crippen LogP contribution in [0.1, 0.15) is 31.1 Å². The van der Waals surface area contributed by atoms with E-state index in [0.717, 1.165) is 37.3 Å². The van der Waals surface area contributed by atoms with Crippen LogP contribution in [0.4, 0.5) is 0 Å². The molecule has 0 radical (unpaired) electrons. The number of phenols is 1. The largest absolute Gasteiger partial charge is 0.504 e. The maximum absolute atomic E-state index is 12.3. The molecule has 0 bridgehead atoms. The van der Waals surface area contributed by atoms with Gasteiger partial charge in [0.05, 0.1) is 19.4 Å². The number of hydrogen-bond donors (Lipinski definition) is 2. The van der Waals surface area contributed by atoms with E-state index in [0.29, 0.717) is 25.4 Å². The molecule has 2 N–H and O–H groups in total. The zero-order chi connectivity index (χ0) is 18.4. The van der Waals surface area contributed by atoms with Crippen LogP contribution in [0.3, 0.4) is 0 Å². The molecular formula is C20H26N2O4. The van der Waals surface area contributed by atoms with Gasteiger partial charge in [-0.25, -0.2) is 0 Å². The first-order valence-electron chi connectivity index (χ1n) is 9.13. The van der Waals surface area contributed by atoms with E-state index in [2.05, 4.69) is 10.2 Å². The zero-order valence-electron chi connectivity index (χ0n) is 15.1. The van der Waals surface area contributed by atoms with E-state index in [1.54, 1.807) is 12.3 Å². The molecule has 1 fully saturated rings. The van der Waals surface area contributed by atoms with E-state index in [-0.39, 0.29) is 17.6 Å². The van der Waals surface area contributed by atoms with E-state index in [4.69, 9.17) is 9.15 Å². The normalized spacial score (nSPS) is 15.7. The summed E-state index contributed by atoms with van der Waals surface area (Å²) in [6.45, 7) is 5.18. The lowest BCUT2D eigenvalue weighted by molar-refractivity contribution is -0.126. The molecule has 0 atom stereocenters. The number of furan rings is 1. The van der Waals surface area contributed by atoms with E-state index in [1.165, 1.54) is 0 Å². The lowest BCUT2D eigenvalue weighted by Gasteiger charge is -2.31. The van der Waals surface area contributed by atoms with Crippen molar-refractivity contribution < 1.29 is 19.1 Å². The highest BCUT2D eigenvalue weighted by atomic mass is 16.5. The number of phenolic OH excluding ortho intramolecular Hbond substituents is 1. The van der Waals surface area contributed by atoms with Crippen LogP contribution in [0, 0.1) is 5.92 Å². The smallest absolute Gasteiger partial charge is 0.223 e. The van der Waals surface area contributed by atoms with Crippen molar-refractivity contribution in [1.82, 2.24) is 10.2 Å².